The Bertz CT molecular complexity index is 547. The molecule has 1 aromatic heterocycles. The molecule has 0 saturated heterocycles. The number of fused-ring (bicyclic) bond motifs is 1. The molecule has 2 aromatic rings. The molecule has 3 nitrogen and oxygen atoms in total. The maximum atomic E-state index is 5.83. The number of halogens is 1. The number of rotatable bonds is 2. The molecule has 0 aliphatic carbocycles. The first-order valence-corrected chi connectivity index (χ1v) is 6.57. The molecule has 4 heteroatoms. The Labute approximate surface area is 129 Å². The summed E-state index contributed by atoms with van der Waals surface area (Å²) >= 11 is 0. The molecule has 0 unspecified atom stereocenters. The minimum absolute atomic E-state index is 0. The molecule has 0 N–H and O–H groups in total. The number of aromatic nitrogens is 1. The third kappa shape index (κ3) is 3.66. The van der Waals surface area contributed by atoms with E-state index in [0.717, 1.165) is 6.54 Å². The Balaban J connectivity index is 0.00000147. The van der Waals surface area contributed by atoms with Crippen molar-refractivity contribution in [3.8, 4) is 0 Å². The monoisotopic (exact) mass is 335 g/mol. The van der Waals surface area contributed by atoms with Crippen LogP contribution >= 0.6 is 0 Å². The zero-order valence-electron chi connectivity index (χ0n) is 11.5. The van der Waals surface area contributed by atoms with Gasteiger partial charge in [-0.15, -0.1) is 0 Å². The summed E-state index contributed by atoms with van der Waals surface area (Å²) in [6, 6.07) is 12.4. The SMILES string of the molecule is Cc1ccc[n+](CC2OCc3ccccc3CO2)c1.[Br-]. The predicted molar refractivity (Wildman–Crippen MR) is 71.2 cm³/mol. The Kier molecular flexibility index (Phi) is 5.29. The summed E-state index contributed by atoms with van der Waals surface area (Å²) in [6.45, 7) is 4.04. The van der Waals surface area contributed by atoms with Crippen molar-refractivity contribution in [2.75, 3.05) is 0 Å². The summed E-state index contributed by atoms with van der Waals surface area (Å²) < 4.78 is 13.8. The number of nitrogens with zero attached hydrogens (tertiary/aromatic N) is 1. The van der Waals surface area contributed by atoms with Gasteiger partial charge in [-0.2, -0.15) is 4.57 Å². The molecule has 0 spiro atoms. The fourth-order valence-electron chi connectivity index (χ4n) is 2.30. The number of hydrogen-bond donors (Lipinski definition) is 0. The van der Waals surface area contributed by atoms with Crippen molar-refractivity contribution in [1.29, 1.82) is 0 Å². The second-order valence-corrected chi connectivity index (χ2v) is 4.90. The molecule has 106 valence electrons. The van der Waals surface area contributed by atoms with Gasteiger partial charge in [0.2, 0.25) is 6.29 Å². The lowest BCUT2D eigenvalue weighted by Crippen LogP contribution is -3.00. The number of benzene rings is 1. The van der Waals surface area contributed by atoms with Crippen molar-refractivity contribution < 1.29 is 31.0 Å². The molecule has 1 aromatic carbocycles. The maximum Gasteiger partial charge on any atom is 0.218 e. The van der Waals surface area contributed by atoms with Crippen LogP contribution in [0, 0.1) is 6.92 Å². The number of ether oxygens (including phenoxy) is 2. The highest BCUT2D eigenvalue weighted by atomic mass is 79.9. The highest BCUT2D eigenvalue weighted by Crippen LogP contribution is 2.17. The lowest BCUT2D eigenvalue weighted by molar-refractivity contribution is -0.711. The Morgan fingerprint density at radius 1 is 1.05 bits per heavy atom. The van der Waals surface area contributed by atoms with Gasteiger partial charge in [0.1, 0.15) is 0 Å². The number of pyridine rings is 1. The molecule has 2 heterocycles. The van der Waals surface area contributed by atoms with Crippen LogP contribution in [0.3, 0.4) is 0 Å². The topological polar surface area (TPSA) is 22.3 Å². The molecule has 0 fully saturated rings. The van der Waals surface area contributed by atoms with Gasteiger partial charge in [-0.3, -0.25) is 0 Å². The van der Waals surface area contributed by atoms with Gasteiger partial charge in [0.05, 0.1) is 13.2 Å². The van der Waals surface area contributed by atoms with E-state index in [9.17, 15) is 0 Å². The zero-order chi connectivity index (χ0) is 13.1. The summed E-state index contributed by atoms with van der Waals surface area (Å²) in [5, 5.41) is 0. The maximum absolute atomic E-state index is 5.83. The van der Waals surface area contributed by atoms with Crippen LogP contribution in [0.15, 0.2) is 48.8 Å². The Morgan fingerprint density at radius 3 is 2.30 bits per heavy atom. The fourth-order valence-corrected chi connectivity index (χ4v) is 2.30. The zero-order valence-corrected chi connectivity index (χ0v) is 13.0. The molecule has 0 amide bonds. The van der Waals surface area contributed by atoms with Gasteiger partial charge in [-0.1, -0.05) is 24.3 Å². The van der Waals surface area contributed by atoms with Gasteiger partial charge in [-0.05, 0) is 24.1 Å². The predicted octanol–water partition coefficient (Wildman–Crippen LogP) is -0.640. The van der Waals surface area contributed by atoms with Crippen LogP contribution in [-0.2, 0) is 29.2 Å². The van der Waals surface area contributed by atoms with Crippen molar-refractivity contribution in [3.05, 3.63) is 65.5 Å². The molecule has 0 bridgehead atoms. The fraction of sp³-hybridized carbons (Fsp3) is 0.312. The molecule has 1 aliphatic heterocycles. The Hall–Kier alpha value is -1.23. The molecule has 20 heavy (non-hydrogen) atoms. The van der Waals surface area contributed by atoms with E-state index in [4.69, 9.17) is 9.47 Å². The van der Waals surface area contributed by atoms with E-state index in [1.807, 2.05) is 24.4 Å². The first-order chi connectivity index (χ1) is 9.31. The minimum Gasteiger partial charge on any atom is -1.00 e. The normalized spacial score (nSPS) is 15.1. The largest absolute Gasteiger partial charge is 1.00 e. The molecule has 0 saturated carbocycles. The van der Waals surface area contributed by atoms with Gasteiger partial charge in [-0.25, -0.2) is 0 Å². The van der Waals surface area contributed by atoms with Crippen LogP contribution in [0.2, 0.25) is 0 Å². The standard InChI is InChI=1S/C16H18NO2.BrH/c1-13-5-4-8-17(9-13)10-16-18-11-14-6-2-3-7-15(14)12-19-16;/h2-9,16H,10-12H2,1H3;1H/q+1;/p-1. The first kappa shape index (κ1) is 15.2. The van der Waals surface area contributed by atoms with Gasteiger partial charge >= 0.3 is 0 Å². The summed E-state index contributed by atoms with van der Waals surface area (Å²) in [6.07, 6.45) is 3.95. The third-order valence-corrected chi connectivity index (χ3v) is 3.33. The minimum atomic E-state index is -0.195. The molecule has 3 rings (SSSR count). The van der Waals surface area contributed by atoms with Crippen molar-refractivity contribution in [2.24, 2.45) is 0 Å². The van der Waals surface area contributed by atoms with E-state index < -0.39 is 0 Å². The van der Waals surface area contributed by atoms with E-state index in [2.05, 4.69) is 35.9 Å². The highest BCUT2D eigenvalue weighted by Gasteiger charge is 2.20. The molecule has 1 aliphatic rings. The summed E-state index contributed by atoms with van der Waals surface area (Å²) in [4.78, 5) is 0. The van der Waals surface area contributed by atoms with Crippen LogP contribution in [0.4, 0.5) is 0 Å². The van der Waals surface area contributed by atoms with Gasteiger partial charge in [0.25, 0.3) is 0 Å². The van der Waals surface area contributed by atoms with Crippen molar-refractivity contribution >= 4 is 0 Å². The highest BCUT2D eigenvalue weighted by molar-refractivity contribution is 5.26. The summed E-state index contributed by atoms with van der Waals surface area (Å²) in [5.41, 5.74) is 3.68. The summed E-state index contributed by atoms with van der Waals surface area (Å²) in [7, 11) is 0. The lowest BCUT2D eigenvalue weighted by Gasteiger charge is -2.12. The number of aryl methyl sites for hydroxylation is 1. The van der Waals surface area contributed by atoms with E-state index in [0.29, 0.717) is 13.2 Å². The van der Waals surface area contributed by atoms with Gasteiger partial charge in [0.15, 0.2) is 18.9 Å². The quantitative estimate of drug-likeness (QED) is 0.681. The van der Waals surface area contributed by atoms with Gasteiger partial charge < -0.3 is 26.5 Å². The molecule has 0 radical (unpaired) electrons. The lowest BCUT2D eigenvalue weighted by atomic mass is 10.1. The third-order valence-electron chi connectivity index (χ3n) is 3.33. The summed E-state index contributed by atoms with van der Waals surface area (Å²) in [5.74, 6) is 0. The van der Waals surface area contributed by atoms with Crippen LogP contribution in [0.1, 0.15) is 16.7 Å². The average molecular weight is 336 g/mol. The van der Waals surface area contributed by atoms with Crippen LogP contribution < -0.4 is 21.5 Å². The van der Waals surface area contributed by atoms with Crippen molar-refractivity contribution in [2.45, 2.75) is 33.0 Å². The van der Waals surface area contributed by atoms with Crippen molar-refractivity contribution in [1.82, 2.24) is 0 Å². The van der Waals surface area contributed by atoms with Crippen molar-refractivity contribution in [3.63, 3.8) is 0 Å². The van der Waals surface area contributed by atoms with E-state index in [1.165, 1.54) is 16.7 Å². The number of hydrogen-bond acceptors (Lipinski definition) is 2. The molecule has 0 atom stereocenters. The van der Waals surface area contributed by atoms with E-state index in [1.54, 1.807) is 0 Å². The van der Waals surface area contributed by atoms with E-state index in [-0.39, 0.29) is 23.3 Å². The van der Waals surface area contributed by atoms with E-state index >= 15 is 0 Å². The van der Waals surface area contributed by atoms with Crippen LogP contribution in [0.5, 0.6) is 0 Å². The van der Waals surface area contributed by atoms with Crippen LogP contribution in [-0.4, -0.2) is 6.29 Å². The smallest absolute Gasteiger partial charge is 0.218 e. The first-order valence-electron chi connectivity index (χ1n) is 6.57. The average Bonchev–Trinajstić information content (AvgIpc) is 2.62. The second-order valence-electron chi connectivity index (χ2n) is 4.90. The Morgan fingerprint density at radius 2 is 1.70 bits per heavy atom. The van der Waals surface area contributed by atoms with Gasteiger partial charge in [0, 0.05) is 11.6 Å². The second kappa shape index (κ2) is 6.97. The van der Waals surface area contributed by atoms with Crippen LogP contribution in [0.25, 0.3) is 0 Å². The molecular formula is C16H18BrNO2. The molecular weight excluding hydrogens is 318 g/mol.